The molecule has 1 amide bonds. The van der Waals surface area contributed by atoms with Gasteiger partial charge in [-0.15, -0.1) is 0 Å². The lowest BCUT2D eigenvalue weighted by atomic mass is 10.2. The molecule has 0 saturated carbocycles. The van der Waals surface area contributed by atoms with Crippen LogP contribution in [0.3, 0.4) is 0 Å². The fourth-order valence-electron chi connectivity index (χ4n) is 1.65. The molecule has 0 unspecified atom stereocenters. The van der Waals surface area contributed by atoms with Crippen molar-refractivity contribution in [3.63, 3.8) is 0 Å². The zero-order chi connectivity index (χ0) is 16.0. The monoisotopic (exact) mass is 357 g/mol. The number of carbonyl (C=O) groups excluding carboxylic acids is 1. The summed E-state index contributed by atoms with van der Waals surface area (Å²) >= 11 is 3.37. The second-order valence-corrected chi connectivity index (χ2v) is 6.59. The van der Waals surface area contributed by atoms with E-state index < -0.39 is 17.7 Å². The molecule has 1 N–H and O–H groups in total. The van der Waals surface area contributed by atoms with E-state index in [1.165, 1.54) is 4.90 Å². The molecule has 0 atom stereocenters. The SMILES string of the molecule is CC(C)(C)OC(=O)N(CCC(=O)O)Cc1cccc(Br)c1. The van der Waals surface area contributed by atoms with E-state index in [2.05, 4.69) is 15.9 Å². The van der Waals surface area contributed by atoms with Crippen LogP contribution in [0.2, 0.25) is 0 Å². The van der Waals surface area contributed by atoms with Gasteiger partial charge in [-0.1, -0.05) is 28.1 Å². The van der Waals surface area contributed by atoms with E-state index in [9.17, 15) is 9.59 Å². The Hall–Kier alpha value is -1.56. The van der Waals surface area contributed by atoms with E-state index in [1.807, 2.05) is 24.3 Å². The normalized spacial score (nSPS) is 11.0. The molecule has 0 fully saturated rings. The van der Waals surface area contributed by atoms with Crippen molar-refractivity contribution >= 4 is 28.0 Å². The van der Waals surface area contributed by atoms with E-state index in [1.54, 1.807) is 20.8 Å². The number of nitrogens with zero attached hydrogens (tertiary/aromatic N) is 1. The van der Waals surface area contributed by atoms with Gasteiger partial charge in [-0.2, -0.15) is 0 Å². The molecule has 0 aliphatic heterocycles. The fourth-order valence-corrected chi connectivity index (χ4v) is 2.09. The van der Waals surface area contributed by atoms with Gasteiger partial charge >= 0.3 is 12.1 Å². The summed E-state index contributed by atoms with van der Waals surface area (Å²) in [6.45, 7) is 5.75. The first-order valence-corrected chi connectivity index (χ1v) is 7.41. The summed E-state index contributed by atoms with van der Waals surface area (Å²) in [4.78, 5) is 24.3. The number of aliphatic carboxylic acids is 1. The van der Waals surface area contributed by atoms with Gasteiger partial charge in [0.15, 0.2) is 0 Å². The zero-order valence-electron chi connectivity index (χ0n) is 12.4. The van der Waals surface area contributed by atoms with Crippen LogP contribution in [0.15, 0.2) is 28.7 Å². The molecule has 21 heavy (non-hydrogen) atoms. The Kier molecular flexibility index (Phi) is 6.20. The maximum absolute atomic E-state index is 12.2. The third-order valence-electron chi connectivity index (χ3n) is 2.51. The molecule has 116 valence electrons. The highest BCUT2D eigenvalue weighted by Gasteiger charge is 2.22. The van der Waals surface area contributed by atoms with E-state index in [0.29, 0.717) is 6.54 Å². The highest BCUT2D eigenvalue weighted by molar-refractivity contribution is 9.10. The van der Waals surface area contributed by atoms with Crippen LogP contribution in [-0.4, -0.2) is 34.2 Å². The molecule has 0 aliphatic carbocycles. The van der Waals surface area contributed by atoms with Crippen molar-refractivity contribution in [2.75, 3.05) is 6.54 Å². The number of ether oxygens (including phenoxy) is 1. The summed E-state index contributed by atoms with van der Waals surface area (Å²) in [6, 6.07) is 7.52. The summed E-state index contributed by atoms with van der Waals surface area (Å²) < 4.78 is 6.22. The topological polar surface area (TPSA) is 66.8 Å². The van der Waals surface area contributed by atoms with Crippen LogP contribution in [0.1, 0.15) is 32.8 Å². The maximum Gasteiger partial charge on any atom is 0.410 e. The van der Waals surface area contributed by atoms with Gasteiger partial charge in [0, 0.05) is 17.6 Å². The molecule has 0 aromatic heterocycles. The third kappa shape index (κ3) is 7.13. The lowest BCUT2D eigenvalue weighted by Crippen LogP contribution is -2.37. The average Bonchev–Trinajstić information content (AvgIpc) is 2.32. The van der Waals surface area contributed by atoms with Crippen LogP contribution in [0.5, 0.6) is 0 Å². The predicted molar refractivity (Wildman–Crippen MR) is 83.0 cm³/mol. The molecule has 1 rings (SSSR count). The number of benzene rings is 1. The second-order valence-electron chi connectivity index (χ2n) is 5.68. The molecule has 1 aromatic carbocycles. The van der Waals surface area contributed by atoms with E-state index in [0.717, 1.165) is 10.0 Å². The smallest absolute Gasteiger partial charge is 0.410 e. The lowest BCUT2D eigenvalue weighted by molar-refractivity contribution is -0.137. The molecule has 6 heteroatoms. The van der Waals surface area contributed by atoms with Crippen LogP contribution >= 0.6 is 15.9 Å². The number of amides is 1. The van der Waals surface area contributed by atoms with Gasteiger partial charge in [0.25, 0.3) is 0 Å². The maximum atomic E-state index is 12.2. The van der Waals surface area contributed by atoms with Crippen molar-refractivity contribution in [1.82, 2.24) is 4.90 Å². The lowest BCUT2D eigenvalue weighted by Gasteiger charge is -2.27. The van der Waals surface area contributed by atoms with Gasteiger partial charge in [0.1, 0.15) is 5.60 Å². The van der Waals surface area contributed by atoms with Crippen LogP contribution in [0, 0.1) is 0 Å². The van der Waals surface area contributed by atoms with Gasteiger partial charge in [-0.3, -0.25) is 4.79 Å². The van der Waals surface area contributed by atoms with Gasteiger partial charge in [0.05, 0.1) is 6.42 Å². The molecule has 5 nitrogen and oxygen atoms in total. The third-order valence-corrected chi connectivity index (χ3v) is 3.00. The molecular formula is C15H20BrNO4. The van der Waals surface area contributed by atoms with Gasteiger partial charge in [0.2, 0.25) is 0 Å². The molecule has 0 radical (unpaired) electrons. The Bertz CT molecular complexity index is 511. The molecule has 0 aliphatic rings. The van der Waals surface area contributed by atoms with Crippen LogP contribution in [0.25, 0.3) is 0 Å². The Morgan fingerprint density at radius 2 is 2.00 bits per heavy atom. The number of rotatable bonds is 5. The van der Waals surface area contributed by atoms with Gasteiger partial charge in [-0.25, -0.2) is 4.79 Å². The predicted octanol–water partition coefficient (Wildman–Crippen LogP) is 3.66. The van der Waals surface area contributed by atoms with Crippen molar-refractivity contribution in [1.29, 1.82) is 0 Å². The molecule has 0 spiro atoms. The van der Waals surface area contributed by atoms with Crippen LogP contribution in [0.4, 0.5) is 4.79 Å². The van der Waals surface area contributed by atoms with Crippen molar-refractivity contribution in [2.45, 2.75) is 39.3 Å². The number of hydrogen-bond donors (Lipinski definition) is 1. The quantitative estimate of drug-likeness (QED) is 0.872. The summed E-state index contributed by atoms with van der Waals surface area (Å²) in [7, 11) is 0. The number of carbonyl (C=O) groups is 2. The molecule has 0 saturated heterocycles. The standard InChI is InChI=1S/C15H20BrNO4/c1-15(2,3)21-14(20)17(8-7-13(18)19)10-11-5-4-6-12(16)9-11/h4-6,9H,7-8,10H2,1-3H3,(H,18,19). The molecule has 0 heterocycles. The fraction of sp³-hybridized carbons (Fsp3) is 0.467. The Balaban J connectivity index is 2.81. The zero-order valence-corrected chi connectivity index (χ0v) is 14.0. The summed E-state index contributed by atoms with van der Waals surface area (Å²) in [5.74, 6) is -0.946. The highest BCUT2D eigenvalue weighted by atomic mass is 79.9. The van der Waals surface area contributed by atoms with Gasteiger partial charge in [-0.05, 0) is 38.5 Å². The number of hydrogen-bond acceptors (Lipinski definition) is 3. The first kappa shape index (κ1) is 17.5. The summed E-state index contributed by atoms with van der Waals surface area (Å²) in [5.41, 5.74) is 0.288. The molecule has 0 bridgehead atoms. The first-order chi connectivity index (χ1) is 9.67. The first-order valence-electron chi connectivity index (χ1n) is 6.61. The van der Waals surface area contributed by atoms with E-state index in [-0.39, 0.29) is 13.0 Å². The number of carboxylic acid groups (broad SMARTS) is 1. The average molecular weight is 358 g/mol. The minimum atomic E-state index is -0.946. The second kappa shape index (κ2) is 7.45. The minimum absolute atomic E-state index is 0.108. The largest absolute Gasteiger partial charge is 0.481 e. The highest BCUT2D eigenvalue weighted by Crippen LogP contribution is 2.16. The van der Waals surface area contributed by atoms with Crippen LogP contribution < -0.4 is 0 Å². The Morgan fingerprint density at radius 1 is 1.33 bits per heavy atom. The Labute approximate surface area is 133 Å². The van der Waals surface area contributed by atoms with Crippen molar-refractivity contribution < 1.29 is 19.4 Å². The number of carboxylic acids is 1. The van der Waals surface area contributed by atoms with Crippen molar-refractivity contribution in [3.8, 4) is 0 Å². The Morgan fingerprint density at radius 3 is 2.52 bits per heavy atom. The van der Waals surface area contributed by atoms with Crippen LogP contribution in [-0.2, 0) is 16.1 Å². The summed E-state index contributed by atoms with van der Waals surface area (Å²) in [5, 5.41) is 8.80. The summed E-state index contributed by atoms with van der Waals surface area (Å²) in [6.07, 6.45) is -0.628. The molecular weight excluding hydrogens is 338 g/mol. The minimum Gasteiger partial charge on any atom is -0.481 e. The van der Waals surface area contributed by atoms with E-state index in [4.69, 9.17) is 9.84 Å². The van der Waals surface area contributed by atoms with Crippen molar-refractivity contribution in [2.24, 2.45) is 0 Å². The molecule has 1 aromatic rings. The van der Waals surface area contributed by atoms with Gasteiger partial charge < -0.3 is 14.7 Å². The number of halogens is 1. The van der Waals surface area contributed by atoms with E-state index >= 15 is 0 Å². The van der Waals surface area contributed by atoms with Crippen molar-refractivity contribution in [3.05, 3.63) is 34.3 Å².